The van der Waals surface area contributed by atoms with Crippen molar-refractivity contribution in [2.24, 2.45) is 0 Å². The summed E-state index contributed by atoms with van der Waals surface area (Å²) in [5.41, 5.74) is 1.85. The predicted octanol–water partition coefficient (Wildman–Crippen LogP) is 1.97. The Labute approximate surface area is 111 Å². The van der Waals surface area contributed by atoms with Crippen LogP contribution in [0.5, 0.6) is 5.75 Å². The van der Waals surface area contributed by atoms with Crippen LogP contribution in [0.2, 0.25) is 0 Å². The molecule has 1 saturated heterocycles. The highest BCUT2D eigenvalue weighted by molar-refractivity contribution is 5.61. The molecule has 0 spiro atoms. The van der Waals surface area contributed by atoms with E-state index in [4.69, 9.17) is 9.47 Å². The Bertz CT molecular complexity index is 576. The maximum absolute atomic E-state index is 10.3. The van der Waals surface area contributed by atoms with E-state index in [-0.39, 0.29) is 0 Å². The van der Waals surface area contributed by atoms with E-state index in [0.29, 0.717) is 13.2 Å². The van der Waals surface area contributed by atoms with E-state index in [1.165, 1.54) is 0 Å². The van der Waals surface area contributed by atoms with Crippen LogP contribution in [0.1, 0.15) is 5.56 Å². The highest BCUT2D eigenvalue weighted by Crippen LogP contribution is 2.31. The second-order valence-electron chi connectivity index (χ2n) is 4.69. The number of nitrogens with zero attached hydrogens (tertiary/aromatic N) is 1. The summed E-state index contributed by atoms with van der Waals surface area (Å²) in [4.78, 5) is 4.35. The Morgan fingerprint density at radius 3 is 2.68 bits per heavy atom. The summed E-state index contributed by atoms with van der Waals surface area (Å²) >= 11 is 0. The average Bonchev–Trinajstić information content (AvgIpc) is 2.45. The zero-order chi connectivity index (χ0) is 13.3. The Hall–Kier alpha value is -1.91. The van der Waals surface area contributed by atoms with Crippen molar-refractivity contribution in [2.45, 2.75) is 5.60 Å². The van der Waals surface area contributed by atoms with Gasteiger partial charge in [-0.2, -0.15) is 0 Å². The van der Waals surface area contributed by atoms with Crippen molar-refractivity contribution in [3.8, 4) is 17.0 Å². The number of benzene rings is 1. The zero-order valence-corrected chi connectivity index (χ0v) is 10.7. The van der Waals surface area contributed by atoms with E-state index in [9.17, 15) is 5.11 Å². The molecule has 0 amide bonds. The van der Waals surface area contributed by atoms with E-state index in [1.807, 2.05) is 36.4 Å². The van der Waals surface area contributed by atoms with Gasteiger partial charge in [-0.05, 0) is 23.8 Å². The van der Waals surface area contributed by atoms with Crippen LogP contribution in [0, 0.1) is 0 Å². The first-order chi connectivity index (χ1) is 9.21. The molecule has 1 aliphatic heterocycles. The van der Waals surface area contributed by atoms with Gasteiger partial charge in [0.15, 0.2) is 0 Å². The normalized spacial score (nSPS) is 16.7. The molecule has 1 N–H and O–H groups in total. The summed E-state index contributed by atoms with van der Waals surface area (Å²) in [6.45, 7) is 0.707. The number of aromatic nitrogens is 1. The lowest BCUT2D eigenvalue weighted by molar-refractivity contribution is -0.184. The molecule has 0 unspecified atom stereocenters. The zero-order valence-electron chi connectivity index (χ0n) is 10.7. The van der Waals surface area contributed by atoms with Crippen LogP contribution in [0.3, 0.4) is 0 Å². The van der Waals surface area contributed by atoms with E-state index >= 15 is 0 Å². The Morgan fingerprint density at radius 1 is 1.26 bits per heavy atom. The first-order valence-electron chi connectivity index (χ1n) is 6.12. The van der Waals surface area contributed by atoms with E-state index in [0.717, 1.165) is 22.6 Å². The molecule has 19 heavy (non-hydrogen) atoms. The van der Waals surface area contributed by atoms with Gasteiger partial charge in [-0.15, -0.1) is 0 Å². The Morgan fingerprint density at radius 2 is 2.11 bits per heavy atom. The fourth-order valence-electron chi connectivity index (χ4n) is 2.10. The van der Waals surface area contributed by atoms with E-state index in [1.54, 1.807) is 13.3 Å². The minimum absolute atomic E-state index is 0.354. The van der Waals surface area contributed by atoms with Gasteiger partial charge in [0.2, 0.25) is 0 Å². The molecular weight excluding hydrogens is 242 g/mol. The number of hydrogen-bond acceptors (Lipinski definition) is 4. The van der Waals surface area contributed by atoms with Gasteiger partial charge in [0.25, 0.3) is 0 Å². The highest BCUT2D eigenvalue weighted by Gasteiger charge is 2.37. The third-order valence-corrected chi connectivity index (χ3v) is 3.35. The molecule has 0 bridgehead atoms. The maximum Gasteiger partial charge on any atom is 0.137 e. The smallest absolute Gasteiger partial charge is 0.137 e. The predicted molar refractivity (Wildman–Crippen MR) is 70.9 cm³/mol. The fourth-order valence-corrected chi connectivity index (χ4v) is 2.10. The van der Waals surface area contributed by atoms with Crippen molar-refractivity contribution in [3.63, 3.8) is 0 Å². The summed E-state index contributed by atoms with van der Waals surface area (Å²) in [6.07, 6.45) is 1.68. The number of aliphatic hydroxyl groups is 1. The van der Waals surface area contributed by atoms with Gasteiger partial charge in [-0.1, -0.05) is 18.2 Å². The second kappa shape index (κ2) is 4.64. The van der Waals surface area contributed by atoms with Crippen molar-refractivity contribution in [3.05, 3.63) is 48.2 Å². The molecule has 0 aliphatic carbocycles. The molecule has 98 valence electrons. The van der Waals surface area contributed by atoms with Gasteiger partial charge >= 0.3 is 0 Å². The van der Waals surface area contributed by atoms with E-state index < -0.39 is 5.60 Å². The number of pyridine rings is 1. The lowest BCUT2D eigenvalue weighted by Crippen LogP contribution is -2.46. The standard InChI is InChI=1S/C15H15NO3/c1-18-13-5-6-14(16-8-13)11-3-2-4-12(7-11)15(17)9-19-10-15/h2-8,17H,9-10H2,1H3. The first-order valence-corrected chi connectivity index (χ1v) is 6.12. The Kier molecular flexibility index (Phi) is 2.97. The monoisotopic (exact) mass is 257 g/mol. The summed E-state index contributed by atoms with van der Waals surface area (Å²) in [6, 6.07) is 11.5. The van der Waals surface area contributed by atoms with Crippen LogP contribution >= 0.6 is 0 Å². The van der Waals surface area contributed by atoms with Gasteiger partial charge < -0.3 is 14.6 Å². The lowest BCUT2D eigenvalue weighted by atomic mass is 9.90. The topological polar surface area (TPSA) is 51.6 Å². The minimum atomic E-state index is -0.845. The van der Waals surface area contributed by atoms with Crippen molar-refractivity contribution in [1.82, 2.24) is 4.98 Å². The summed E-state index contributed by atoms with van der Waals surface area (Å²) in [5.74, 6) is 0.728. The van der Waals surface area contributed by atoms with Crippen LogP contribution in [0.25, 0.3) is 11.3 Å². The molecule has 2 aromatic rings. The quantitative estimate of drug-likeness (QED) is 0.913. The molecule has 4 heteroatoms. The molecule has 4 nitrogen and oxygen atoms in total. The third-order valence-electron chi connectivity index (χ3n) is 3.35. The first kappa shape index (κ1) is 12.1. The van der Waals surface area contributed by atoms with Crippen molar-refractivity contribution in [2.75, 3.05) is 20.3 Å². The third kappa shape index (κ3) is 2.20. The number of rotatable bonds is 3. The minimum Gasteiger partial charge on any atom is -0.495 e. The lowest BCUT2D eigenvalue weighted by Gasteiger charge is -2.36. The highest BCUT2D eigenvalue weighted by atomic mass is 16.5. The molecular formula is C15H15NO3. The van der Waals surface area contributed by atoms with Crippen LogP contribution < -0.4 is 4.74 Å². The molecule has 1 aromatic carbocycles. The van der Waals surface area contributed by atoms with Crippen LogP contribution in [0.4, 0.5) is 0 Å². The maximum atomic E-state index is 10.3. The van der Waals surface area contributed by atoms with Crippen LogP contribution in [0.15, 0.2) is 42.6 Å². The molecule has 3 rings (SSSR count). The van der Waals surface area contributed by atoms with Crippen molar-refractivity contribution < 1.29 is 14.6 Å². The van der Waals surface area contributed by atoms with Gasteiger partial charge in [0.1, 0.15) is 11.4 Å². The largest absolute Gasteiger partial charge is 0.495 e. The molecule has 1 fully saturated rings. The van der Waals surface area contributed by atoms with Gasteiger partial charge in [0.05, 0.1) is 32.2 Å². The van der Waals surface area contributed by atoms with Crippen molar-refractivity contribution >= 4 is 0 Å². The summed E-state index contributed by atoms with van der Waals surface area (Å²) in [5, 5.41) is 10.3. The number of methoxy groups -OCH3 is 1. The fraction of sp³-hybridized carbons (Fsp3) is 0.267. The van der Waals surface area contributed by atoms with Gasteiger partial charge in [0, 0.05) is 5.56 Å². The summed E-state index contributed by atoms with van der Waals surface area (Å²) < 4.78 is 10.2. The molecule has 0 atom stereocenters. The summed E-state index contributed by atoms with van der Waals surface area (Å²) in [7, 11) is 1.61. The SMILES string of the molecule is COc1ccc(-c2cccc(C3(O)COC3)c2)nc1. The molecule has 0 saturated carbocycles. The van der Waals surface area contributed by atoms with Gasteiger partial charge in [-0.3, -0.25) is 4.98 Å². The molecule has 1 aliphatic rings. The van der Waals surface area contributed by atoms with Crippen molar-refractivity contribution in [1.29, 1.82) is 0 Å². The number of ether oxygens (including phenoxy) is 2. The second-order valence-corrected chi connectivity index (χ2v) is 4.69. The average molecular weight is 257 g/mol. The van der Waals surface area contributed by atoms with E-state index in [2.05, 4.69) is 4.98 Å². The molecule has 2 heterocycles. The Balaban J connectivity index is 1.94. The molecule has 1 aromatic heterocycles. The van der Waals surface area contributed by atoms with Crippen LogP contribution in [-0.2, 0) is 10.3 Å². The van der Waals surface area contributed by atoms with Crippen LogP contribution in [-0.4, -0.2) is 30.4 Å². The number of hydrogen-bond donors (Lipinski definition) is 1. The molecule has 0 radical (unpaired) electrons. The van der Waals surface area contributed by atoms with Gasteiger partial charge in [-0.25, -0.2) is 0 Å².